The molecule has 316 valence electrons. The van der Waals surface area contributed by atoms with Crippen molar-refractivity contribution in [2.45, 2.75) is 277 Å². The van der Waals surface area contributed by atoms with Crippen LogP contribution in [0.4, 0.5) is 0 Å². The number of ether oxygens (including phenoxy) is 2. The molecule has 0 amide bonds. The molecular formula is C48H94O5. The summed E-state index contributed by atoms with van der Waals surface area (Å²) in [6.45, 7) is 6.56. The van der Waals surface area contributed by atoms with Gasteiger partial charge in [-0.1, -0.05) is 245 Å². The maximum atomic E-state index is 12.2. The maximum Gasteiger partial charge on any atom is 0.306 e. The zero-order valence-corrected chi connectivity index (χ0v) is 36.2. The van der Waals surface area contributed by atoms with Crippen LogP contribution in [-0.2, 0) is 19.1 Å². The first-order valence-electron chi connectivity index (χ1n) is 24.0. The zero-order valence-electron chi connectivity index (χ0n) is 36.2. The van der Waals surface area contributed by atoms with Gasteiger partial charge >= 0.3 is 11.9 Å². The zero-order chi connectivity index (χ0) is 38.7. The molecule has 0 bridgehead atoms. The van der Waals surface area contributed by atoms with Crippen molar-refractivity contribution >= 4 is 11.9 Å². The van der Waals surface area contributed by atoms with Gasteiger partial charge in [-0.3, -0.25) is 9.59 Å². The molecule has 0 aliphatic heterocycles. The van der Waals surface area contributed by atoms with Crippen molar-refractivity contribution in [1.29, 1.82) is 0 Å². The fourth-order valence-corrected chi connectivity index (χ4v) is 7.45. The number of hydrogen-bond donors (Lipinski definition) is 1. The number of rotatable bonds is 44. The lowest BCUT2D eigenvalue weighted by atomic mass is 10.0. The van der Waals surface area contributed by atoms with Crippen molar-refractivity contribution in [3.8, 4) is 0 Å². The Balaban J connectivity index is 3.44. The van der Waals surface area contributed by atoms with E-state index in [1.807, 2.05) is 0 Å². The predicted octanol–water partition coefficient (Wildman–Crippen LogP) is 15.3. The van der Waals surface area contributed by atoms with Crippen molar-refractivity contribution in [3.05, 3.63) is 0 Å². The van der Waals surface area contributed by atoms with E-state index in [0.29, 0.717) is 12.8 Å². The van der Waals surface area contributed by atoms with E-state index in [9.17, 15) is 14.7 Å². The molecule has 0 aromatic heterocycles. The van der Waals surface area contributed by atoms with Crippen LogP contribution in [0.3, 0.4) is 0 Å². The van der Waals surface area contributed by atoms with E-state index in [1.54, 1.807) is 0 Å². The molecule has 0 heterocycles. The van der Waals surface area contributed by atoms with E-state index in [-0.39, 0.29) is 25.2 Å². The predicted molar refractivity (Wildman–Crippen MR) is 228 cm³/mol. The van der Waals surface area contributed by atoms with Gasteiger partial charge in [0.2, 0.25) is 0 Å². The molecule has 0 rings (SSSR count). The minimum Gasteiger partial charge on any atom is -0.462 e. The molecule has 1 N–H and O–H groups in total. The first kappa shape index (κ1) is 51.9. The largest absolute Gasteiger partial charge is 0.462 e. The van der Waals surface area contributed by atoms with Crippen LogP contribution in [0, 0.1) is 5.92 Å². The monoisotopic (exact) mass is 751 g/mol. The Morgan fingerprint density at radius 1 is 0.415 bits per heavy atom. The minimum absolute atomic E-state index is 0.0566. The summed E-state index contributed by atoms with van der Waals surface area (Å²) in [4.78, 5) is 24.4. The molecule has 0 unspecified atom stereocenters. The van der Waals surface area contributed by atoms with E-state index in [1.165, 1.54) is 205 Å². The molecule has 0 saturated heterocycles. The SMILES string of the molecule is CCCCCCCCCCCCCCCCCCCCC(=O)OC[C@H](CO)OC(=O)CCCCCCCCCCCCCCCCCCCCC(C)C. The van der Waals surface area contributed by atoms with Gasteiger partial charge in [0.1, 0.15) is 6.61 Å². The molecule has 0 aliphatic rings. The molecule has 0 aromatic carbocycles. The van der Waals surface area contributed by atoms with Crippen LogP contribution in [0.25, 0.3) is 0 Å². The van der Waals surface area contributed by atoms with Crippen LogP contribution >= 0.6 is 0 Å². The van der Waals surface area contributed by atoms with E-state index >= 15 is 0 Å². The van der Waals surface area contributed by atoms with E-state index in [0.717, 1.165) is 38.0 Å². The second-order valence-electron chi connectivity index (χ2n) is 17.0. The highest BCUT2D eigenvalue weighted by Gasteiger charge is 2.16. The van der Waals surface area contributed by atoms with Crippen molar-refractivity contribution in [2.24, 2.45) is 5.92 Å². The number of carbonyl (C=O) groups excluding carboxylic acids is 2. The maximum absolute atomic E-state index is 12.2. The topological polar surface area (TPSA) is 72.8 Å². The van der Waals surface area contributed by atoms with Crippen LogP contribution in [0.15, 0.2) is 0 Å². The van der Waals surface area contributed by atoms with Crippen molar-refractivity contribution in [3.63, 3.8) is 0 Å². The Labute approximate surface area is 331 Å². The van der Waals surface area contributed by atoms with E-state index in [4.69, 9.17) is 9.47 Å². The highest BCUT2D eigenvalue weighted by atomic mass is 16.6. The summed E-state index contributed by atoms with van der Waals surface area (Å²) in [5.74, 6) is 0.295. The third kappa shape index (κ3) is 43.5. The summed E-state index contributed by atoms with van der Waals surface area (Å²) in [7, 11) is 0. The Morgan fingerprint density at radius 3 is 1.00 bits per heavy atom. The third-order valence-electron chi connectivity index (χ3n) is 11.1. The van der Waals surface area contributed by atoms with Crippen LogP contribution in [0.5, 0.6) is 0 Å². The van der Waals surface area contributed by atoms with Gasteiger partial charge in [0.25, 0.3) is 0 Å². The highest BCUT2D eigenvalue weighted by molar-refractivity contribution is 5.70. The quantitative estimate of drug-likeness (QED) is 0.0496. The molecule has 0 saturated carbocycles. The molecule has 0 radical (unpaired) electrons. The lowest BCUT2D eigenvalue weighted by Gasteiger charge is -2.15. The molecule has 0 aliphatic carbocycles. The van der Waals surface area contributed by atoms with Gasteiger partial charge in [-0.25, -0.2) is 0 Å². The lowest BCUT2D eigenvalue weighted by Crippen LogP contribution is -2.28. The normalized spacial score (nSPS) is 12.1. The number of aliphatic hydroxyl groups excluding tert-OH is 1. The van der Waals surface area contributed by atoms with Crippen molar-refractivity contribution in [1.82, 2.24) is 0 Å². The average molecular weight is 751 g/mol. The third-order valence-corrected chi connectivity index (χ3v) is 11.1. The van der Waals surface area contributed by atoms with E-state index in [2.05, 4.69) is 20.8 Å². The summed E-state index contributed by atoms with van der Waals surface area (Å²) in [5.41, 5.74) is 0. The Hall–Kier alpha value is -1.10. The number of carbonyl (C=O) groups is 2. The van der Waals surface area contributed by atoms with Gasteiger partial charge in [-0.05, 0) is 18.8 Å². The van der Waals surface area contributed by atoms with Gasteiger partial charge in [-0.2, -0.15) is 0 Å². The molecule has 5 heteroatoms. The molecule has 0 fully saturated rings. The van der Waals surface area contributed by atoms with Crippen LogP contribution in [0.1, 0.15) is 271 Å². The summed E-state index contributed by atoms with van der Waals surface area (Å²) in [6, 6.07) is 0. The number of hydrogen-bond acceptors (Lipinski definition) is 5. The number of esters is 2. The fraction of sp³-hybridized carbons (Fsp3) is 0.958. The number of aliphatic hydroxyl groups is 1. The molecular weight excluding hydrogens is 657 g/mol. The van der Waals surface area contributed by atoms with Gasteiger partial charge in [0, 0.05) is 12.8 Å². The van der Waals surface area contributed by atoms with Gasteiger partial charge < -0.3 is 14.6 Å². The summed E-state index contributed by atoms with van der Waals surface area (Å²) in [5, 5.41) is 9.60. The van der Waals surface area contributed by atoms with Crippen LogP contribution in [-0.4, -0.2) is 36.4 Å². The fourth-order valence-electron chi connectivity index (χ4n) is 7.45. The standard InChI is InChI=1S/C48H94O5/c1-4-5-6-7-8-9-10-11-12-13-17-20-23-26-29-32-35-38-41-47(50)52-44-46(43-49)53-48(51)42-39-36-33-30-27-24-21-18-15-14-16-19-22-25-28-31-34-37-40-45(2)3/h45-46,49H,4-44H2,1-3H3/t46-/m0/s1. The van der Waals surface area contributed by atoms with Crippen LogP contribution < -0.4 is 0 Å². The molecule has 5 nitrogen and oxygen atoms in total. The Morgan fingerprint density at radius 2 is 0.698 bits per heavy atom. The van der Waals surface area contributed by atoms with Gasteiger partial charge in [0.15, 0.2) is 6.10 Å². The Kier molecular flexibility index (Phi) is 42.7. The second-order valence-corrected chi connectivity index (χ2v) is 17.0. The first-order chi connectivity index (χ1) is 26.0. The minimum atomic E-state index is -0.763. The van der Waals surface area contributed by atoms with Gasteiger partial charge in [-0.15, -0.1) is 0 Å². The molecule has 0 spiro atoms. The molecule has 0 aromatic rings. The highest BCUT2D eigenvalue weighted by Crippen LogP contribution is 2.17. The average Bonchev–Trinajstić information content (AvgIpc) is 3.15. The molecule has 53 heavy (non-hydrogen) atoms. The smallest absolute Gasteiger partial charge is 0.306 e. The number of unbranched alkanes of at least 4 members (excludes halogenated alkanes) is 34. The second kappa shape index (κ2) is 43.6. The molecule has 1 atom stereocenters. The van der Waals surface area contributed by atoms with Gasteiger partial charge in [0.05, 0.1) is 6.61 Å². The summed E-state index contributed by atoms with van der Waals surface area (Å²) >= 11 is 0. The van der Waals surface area contributed by atoms with Crippen molar-refractivity contribution < 1.29 is 24.2 Å². The summed E-state index contributed by atoms with van der Waals surface area (Å²) < 4.78 is 10.7. The van der Waals surface area contributed by atoms with Crippen molar-refractivity contribution in [2.75, 3.05) is 13.2 Å². The first-order valence-corrected chi connectivity index (χ1v) is 24.0. The van der Waals surface area contributed by atoms with E-state index < -0.39 is 6.10 Å². The lowest BCUT2D eigenvalue weighted by molar-refractivity contribution is -0.161. The van der Waals surface area contributed by atoms with Crippen LogP contribution in [0.2, 0.25) is 0 Å². The Bertz CT molecular complexity index is 737. The summed E-state index contributed by atoms with van der Waals surface area (Å²) in [6.07, 6.45) is 49.0.